The van der Waals surface area contributed by atoms with Crippen LogP contribution in [0, 0.1) is 5.82 Å². The Balaban J connectivity index is 1.16. The van der Waals surface area contributed by atoms with E-state index in [1.54, 1.807) is 12.3 Å². The maximum atomic E-state index is 14.9. The molecule has 0 amide bonds. The van der Waals surface area contributed by atoms with Crippen molar-refractivity contribution in [3.63, 3.8) is 0 Å². The molecule has 0 saturated carbocycles. The van der Waals surface area contributed by atoms with Crippen molar-refractivity contribution >= 4 is 11.0 Å². The molecule has 2 unspecified atom stereocenters. The summed E-state index contributed by atoms with van der Waals surface area (Å²) >= 11 is 0. The van der Waals surface area contributed by atoms with Crippen LogP contribution in [0.2, 0.25) is 0 Å². The highest BCUT2D eigenvalue weighted by atomic mass is 19.1. The van der Waals surface area contributed by atoms with E-state index < -0.39 is 12.0 Å². The van der Waals surface area contributed by atoms with Crippen LogP contribution >= 0.6 is 0 Å². The molecule has 5 heterocycles. The van der Waals surface area contributed by atoms with Crippen molar-refractivity contribution in [1.29, 1.82) is 0 Å². The number of rotatable bonds is 6. The monoisotopic (exact) mass is 457 g/mol. The van der Waals surface area contributed by atoms with Gasteiger partial charge in [-0.15, -0.1) is 0 Å². The molecule has 10 heteroatoms. The van der Waals surface area contributed by atoms with Gasteiger partial charge in [0.05, 0.1) is 29.1 Å². The molecule has 3 aromatic rings. The number of fused-ring (bicyclic) bond motifs is 2. The lowest BCUT2D eigenvalue weighted by atomic mass is 10.0. The zero-order valence-corrected chi connectivity index (χ0v) is 18.0. The fraction of sp³-hybridized carbons (Fsp3) is 0.435. The first-order valence-corrected chi connectivity index (χ1v) is 11.1. The van der Waals surface area contributed by atoms with E-state index in [1.807, 2.05) is 11.0 Å². The molecule has 5 rings (SSSR count). The van der Waals surface area contributed by atoms with Crippen molar-refractivity contribution in [2.75, 3.05) is 32.8 Å². The Morgan fingerprint density at radius 2 is 1.94 bits per heavy atom. The number of halogens is 2. The molecular weight excluding hydrogens is 432 g/mol. The van der Waals surface area contributed by atoms with E-state index in [4.69, 9.17) is 9.47 Å². The van der Waals surface area contributed by atoms with Gasteiger partial charge in [-0.05, 0) is 19.0 Å². The third-order valence-electron chi connectivity index (χ3n) is 6.10. The second-order valence-corrected chi connectivity index (χ2v) is 8.29. The van der Waals surface area contributed by atoms with Crippen LogP contribution in [0.5, 0.6) is 11.5 Å². The Labute approximate surface area is 189 Å². The van der Waals surface area contributed by atoms with Gasteiger partial charge >= 0.3 is 0 Å². The van der Waals surface area contributed by atoms with Gasteiger partial charge in [0.25, 0.3) is 5.56 Å². The predicted octanol–water partition coefficient (Wildman–Crippen LogP) is 1.90. The molecule has 3 aromatic heterocycles. The lowest BCUT2D eigenvalue weighted by Gasteiger charge is -2.35. The van der Waals surface area contributed by atoms with Gasteiger partial charge in [-0.2, -0.15) is 0 Å². The highest BCUT2D eigenvalue weighted by Gasteiger charge is 2.29. The Morgan fingerprint density at radius 1 is 1.09 bits per heavy atom. The summed E-state index contributed by atoms with van der Waals surface area (Å²) < 4.78 is 41.1. The average Bonchev–Trinajstić information content (AvgIpc) is 2.82. The summed E-state index contributed by atoms with van der Waals surface area (Å²) in [5, 5.41) is 3.26. The molecule has 0 radical (unpaired) electrons. The van der Waals surface area contributed by atoms with Crippen LogP contribution in [0.25, 0.3) is 11.0 Å². The summed E-state index contributed by atoms with van der Waals surface area (Å²) in [4.78, 5) is 22.7. The molecule has 2 aliphatic heterocycles. The lowest BCUT2D eigenvalue weighted by Crippen LogP contribution is -2.51. The first-order valence-electron chi connectivity index (χ1n) is 11.1. The van der Waals surface area contributed by atoms with E-state index >= 15 is 0 Å². The van der Waals surface area contributed by atoms with E-state index in [0.717, 1.165) is 11.9 Å². The van der Waals surface area contributed by atoms with Gasteiger partial charge in [-0.1, -0.05) is 0 Å². The highest BCUT2D eigenvalue weighted by Crippen LogP contribution is 2.29. The van der Waals surface area contributed by atoms with E-state index in [0.29, 0.717) is 68.3 Å². The van der Waals surface area contributed by atoms with Crippen LogP contribution in [0.4, 0.5) is 8.78 Å². The fourth-order valence-electron chi connectivity index (χ4n) is 4.34. The molecule has 2 atom stereocenters. The van der Waals surface area contributed by atoms with Crippen LogP contribution in [0.3, 0.4) is 0 Å². The predicted molar refractivity (Wildman–Crippen MR) is 118 cm³/mol. The zero-order valence-electron chi connectivity index (χ0n) is 18.0. The van der Waals surface area contributed by atoms with Gasteiger partial charge < -0.3 is 19.4 Å². The molecule has 0 aliphatic carbocycles. The minimum Gasteiger partial charge on any atom is -0.486 e. The normalized spacial score (nSPS) is 20.8. The number of hydrogen-bond donors (Lipinski definition) is 1. The molecule has 33 heavy (non-hydrogen) atoms. The molecule has 8 nitrogen and oxygen atoms in total. The van der Waals surface area contributed by atoms with Crippen LogP contribution in [0.15, 0.2) is 41.5 Å². The van der Waals surface area contributed by atoms with Crippen molar-refractivity contribution in [2.24, 2.45) is 0 Å². The average molecular weight is 457 g/mol. The van der Waals surface area contributed by atoms with E-state index in [2.05, 4.69) is 15.3 Å². The molecular formula is C23H25F2N5O3. The van der Waals surface area contributed by atoms with E-state index in [9.17, 15) is 13.6 Å². The minimum atomic E-state index is -1.06. The number of ether oxygens (including phenoxy) is 2. The van der Waals surface area contributed by atoms with Crippen LogP contribution in [0.1, 0.15) is 12.1 Å². The molecule has 0 spiro atoms. The van der Waals surface area contributed by atoms with Crippen LogP contribution in [-0.2, 0) is 13.1 Å². The lowest BCUT2D eigenvalue weighted by molar-refractivity contribution is 0.100. The maximum absolute atomic E-state index is 14.9. The van der Waals surface area contributed by atoms with Crippen LogP contribution in [-0.4, -0.2) is 64.5 Å². The number of pyridine rings is 3. The SMILES string of the molecule is O=c1ccc2ncc(F)cc2n1CCN1CCC(NCc2cc3c(cn2)OCCO3)C(F)C1. The van der Waals surface area contributed by atoms with Gasteiger partial charge in [-0.3, -0.25) is 19.7 Å². The summed E-state index contributed by atoms with van der Waals surface area (Å²) in [6.45, 7) is 3.24. The third-order valence-corrected chi connectivity index (χ3v) is 6.10. The van der Waals surface area contributed by atoms with Gasteiger partial charge in [0.1, 0.15) is 25.2 Å². The van der Waals surface area contributed by atoms with Crippen molar-refractivity contribution in [1.82, 2.24) is 24.8 Å². The Morgan fingerprint density at radius 3 is 2.79 bits per heavy atom. The number of nitrogens with zero attached hydrogens (tertiary/aromatic N) is 4. The summed E-state index contributed by atoms with van der Waals surface area (Å²) in [5.74, 6) is 0.800. The smallest absolute Gasteiger partial charge is 0.251 e. The first-order chi connectivity index (χ1) is 16.1. The second kappa shape index (κ2) is 9.40. The number of piperidine rings is 1. The minimum absolute atomic E-state index is 0.227. The van der Waals surface area contributed by atoms with Crippen molar-refractivity contribution < 1.29 is 18.3 Å². The number of aromatic nitrogens is 3. The van der Waals surface area contributed by atoms with Gasteiger partial charge in [0.2, 0.25) is 0 Å². The third kappa shape index (κ3) is 4.81. The topological polar surface area (TPSA) is 81.5 Å². The van der Waals surface area contributed by atoms with Crippen molar-refractivity contribution in [3.8, 4) is 11.5 Å². The molecule has 1 fully saturated rings. The highest BCUT2D eigenvalue weighted by molar-refractivity contribution is 5.74. The van der Waals surface area contributed by atoms with E-state index in [-0.39, 0.29) is 18.1 Å². The van der Waals surface area contributed by atoms with Gasteiger partial charge in [0.15, 0.2) is 11.5 Å². The molecule has 2 aliphatic rings. The Hall–Kier alpha value is -3.11. The second-order valence-electron chi connectivity index (χ2n) is 8.29. The van der Waals surface area contributed by atoms with Gasteiger partial charge in [0, 0.05) is 50.4 Å². The quantitative estimate of drug-likeness (QED) is 0.606. The zero-order chi connectivity index (χ0) is 22.8. The maximum Gasteiger partial charge on any atom is 0.251 e. The number of alkyl halides is 1. The summed E-state index contributed by atoms with van der Waals surface area (Å²) in [7, 11) is 0. The Bertz CT molecular complexity index is 1200. The molecule has 174 valence electrons. The molecule has 0 aromatic carbocycles. The Kier molecular flexibility index (Phi) is 6.19. The standard InChI is InChI=1S/C23H25F2N5O3/c24-15-9-20-19(27-11-15)1-2-23(31)30(20)6-5-29-4-3-18(17(25)14-29)28-12-16-10-21-22(13-26-16)33-8-7-32-21/h1-2,9-11,13,17-18,28H,3-8,12,14H2. The summed E-state index contributed by atoms with van der Waals surface area (Å²) in [5.41, 5.74) is 1.54. The summed E-state index contributed by atoms with van der Waals surface area (Å²) in [6, 6.07) is 5.86. The number of likely N-dealkylation sites (tertiary alicyclic amines) is 1. The van der Waals surface area contributed by atoms with Gasteiger partial charge in [-0.25, -0.2) is 8.78 Å². The van der Waals surface area contributed by atoms with Crippen molar-refractivity contribution in [3.05, 3.63) is 58.5 Å². The van der Waals surface area contributed by atoms with Crippen LogP contribution < -0.4 is 20.3 Å². The largest absolute Gasteiger partial charge is 0.486 e. The molecule has 0 bridgehead atoms. The summed E-state index contributed by atoms with van der Waals surface area (Å²) in [6.07, 6.45) is 2.34. The number of nitrogens with one attached hydrogen (secondary N) is 1. The fourth-order valence-corrected chi connectivity index (χ4v) is 4.34. The molecule has 1 saturated heterocycles. The molecule has 1 N–H and O–H groups in total. The van der Waals surface area contributed by atoms with E-state index in [1.165, 1.54) is 16.7 Å². The number of hydrogen-bond acceptors (Lipinski definition) is 7. The van der Waals surface area contributed by atoms with Crippen molar-refractivity contribution in [2.45, 2.75) is 31.7 Å². The first kappa shape index (κ1) is 21.7.